The number of fused-ring (bicyclic) bond motifs is 1. The first-order valence-electron chi connectivity index (χ1n) is 7.63. The van der Waals surface area contributed by atoms with E-state index in [4.69, 9.17) is 11.6 Å². The fourth-order valence-corrected chi connectivity index (χ4v) is 2.66. The van der Waals surface area contributed by atoms with Crippen molar-refractivity contribution < 1.29 is 19.6 Å². The maximum Gasteiger partial charge on any atom is 0.273 e. The zero-order valence-corrected chi connectivity index (χ0v) is 14.4. The first-order chi connectivity index (χ1) is 12.9. The number of hydrazine groups is 1. The number of nitrogens with one attached hydrogen (secondary N) is 2. The molecule has 0 spiro atoms. The topological polar surface area (TPSA) is 122 Å². The van der Waals surface area contributed by atoms with Crippen molar-refractivity contribution in [2.75, 3.05) is 0 Å². The van der Waals surface area contributed by atoms with Crippen LogP contribution in [0.4, 0.5) is 5.69 Å². The summed E-state index contributed by atoms with van der Waals surface area (Å²) in [7, 11) is 0. The number of rotatable bonds is 3. The highest BCUT2D eigenvalue weighted by atomic mass is 35.5. The van der Waals surface area contributed by atoms with Gasteiger partial charge in [0.15, 0.2) is 0 Å². The van der Waals surface area contributed by atoms with Gasteiger partial charge < -0.3 is 5.11 Å². The molecule has 0 saturated carbocycles. The zero-order valence-electron chi connectivity index (χ0n) is 13.6. The number of amides is 2. The molecule has 0 bridgehead atoms. The van der Waals surface area contributed by atoms with E-state index in [0.717, 1.165) is 22.9 Å². The summed E-state index contributed by atoms with van der Waals surface area (Å²) in [6.45, 7) is 0. The number of nitrogens with zero attached hydrogens (tertiary/aromatic N) is 1. The Morgan fingerprint density at radius 3 is 2.15 bits per heavy atom. The van der Waals surface area contributed by atoms with Crippen molar-refractivity contribution in [2.45, 2.75) is 0 Å². The number of phenols is 1. The molecule has 136 valence electrons. The lowest BCUT2D eigenvalue weighted by molar-refractivity contribution is -0.384. The van der Waals surface area contributed by atoms with Gasteiger partial charge in [0.05, 0.1) is 21.1 Å². The zero-order chi connectivity index (χ0) is 19.6. The maximum atomic E-state index is 12.3. The Bertz CT molecular complexity index is 1080. The van der Waals surface area contributed by atoms with Crippen molar-refractivity contribution in [3.8, 4) is 5.75 Å². The fourth-order valence-electron chi connectivity index (χ4n) is 2.46. The highest BCUT2D eigenvalue weighted by Gasteiger charge is 2.18. The molecule has 27 heavy (non-hydrogen) atoms. The van der Waals surface area contributed by atoms with Crippen LogP contribution in [0.2, 0.25) is 5.02 Å². The Hall–Kier alpha value is -3.65. The Morgan fingerprint density at radius 1 is 0.926 bits per heavy atom. The predicted molar refractivity (Wildman–Crippen MR) is 98.7 cm³/mol. The highest BCUT2D eigenvalue weighted by Crippen LogP contribution is 2.25. The van der Waals surface area contributed by atoms with Crippen molar-refractivity contribution in [3.05, 3.63) is 80.9 Å². The average molecular weight is 386 g/mol. The number of nitro benzene ring substituents is 1. The van der Waals surface area contributed by atoms with Crippen LogP contribution < -0.4 is 10.9 Å². The van der Waals surface area contributed by atoms with Gasteiger partial charge >= 0.3 is 0 Å². The quantitative estimate of drug-likeness (QED) is 0.472. The highest BCUT2D eigenvalue weighted by molar-refractivity contribution is 6.34. The van der Waals surface area contributed by atoms with Crippen LogP contribution in [0.25, 0.3) is 10.8 Å². The van der Waals surface area contributed by atoms with Crippen LogP contribution in [0, 0.1) is 10.1 Å². The molecular weight excluding hydrogens is 374 g/mol. The van der Waals surface area contributed by atoms with Crippen molar-refractivity contribution in [3.63, 3.8) is 0 Å². The monoisotopic (exact) mass is 385 g/mol. The van der Waals surface area contributed by atoms with Gasteiger partial charge in [0.25, 0.3) is 17.5 Å². The summed E-state index contributed by atoms with van der Waals surface area (Å²) in [5.74, 6) is -1.85. The normalized spacial score (nSPS) is 10.4. The third-order valence-electron chi connectivity index (χ3n) is 3.80. The van der Waals surface area contributed by atoms with Crippen molar-refractivity contribution in [1.82, 2.24) is 10.9 Å². The summed E-state index contributed by atoms with van der Waals surface area (Å²) >= 11 is 5.88. The SMILES string of the molecule is O=C(NNC(=O)c1cc([N+](=O)[O-])ccc1Cl)c1cc2ccccc2cc1O. The van der Waals surface area contributed by atoms with E-state index in [9.17, 15) is 24.8 Å². The van der Waals surface area contributed by atoms with Gasteiger partial charge in [-0.15, -0.1) is 0 Å². The van der Waals surface area contributed by atoms with E-state index in [1.165, 1.54) is 18.2 Å². The van der Waals surface area contributed by atoms with E-state index in [2.05, 4.69) is 10.9 Å². The number of benzene rings is 3. The smallest absolute Gasteiger partial charge is 0.273 e. The van der Waals surface area contributed by atoms with Crippen molar-refractivity contribution in [1.29, 1.82) is 0 Å². The second kappa shape index (κ2) is 7.30. The van der Waals surface area contributed by atoms with Gasteiger partial charge in [-0.05, 0) is 29.0 Å². The molecule has 0 atom stereocenters. The minimum atomic E-state index is -0.836. The lowest BCUT2D eigenvalue weighted by atomic mass is 10.1. The molecule has 0 saturated heterocycles. The summed E-state index contributed by atoms with van der Waals surface area (Å²) in [6, 6.07) is 13.4. The van der Waals surface area contributed by atoms with Crippen molar-refractivity contribution >= 4 is 39.9 Å². The summed E-state index contributed by atoms with van der Waals surface area (Å²) in [5, 5.41) is 22.3. The first-order valence-corrected chi connectivity index (χ1v) is 8.01. The molecule has 0 aliphatic heterocycles. The minimum absolute atomic E-state index is 0.0131. The Kier molecular flexibility index (Phi) is 4.91. The number of hydrogen-bond acceptors (Lipinski definition) is 5. The van der Waals surface area contributed by atoms with E-state index >= 15 is 0 Å². The molecule has 0 fully saturated rings. The Balaban J connectivity index is 1.78. The molecule has 0 aliphatic carbocycles. The Labute approximate surface area is 157 Å². The fraction of sp³-hybridized carbons (Fsp3) is 0. The van der Waals surface area contributed by atoms with E-state index in [1.807, 2.05) is 0 Å². The second-order valence-corrected chi connectivity index (χ2v) is 5.95. The summed E-state index contributed by atoms with van der Waals surface area (Å²) < 4.78 is 0. The maximum absolute atomic E-state index is 12.3. The van der Waals surface area contributed by atoms with Crippen LogP contribution in [0.5, 0.6) is 5.75 Å². The van der Waals surface area contributed by atoms with Gasteiger partial charge in [-0.2, -0.15) is 0 Å². The number of non-ortho nitro benzene ring substituents is 1. The predicted octanol–water partition coefficient (Wildman–Crippen LogP) is 3.18. The molecule has 8 nitrogen and oxygen atoms in total. The first kappa shape index (κ1) is 18.2. The molecule has 0 radical (unpaired) electrons. The summed E-state index contributed by atoms with van der Waals surface area (Å²) in [6.07, 6.45) is 0. The van der Waals surface area contributed by atoms with E-state index < -0.39 is 16.7 Å². The molecule has 0 aliphatic rings. The molecule has 3 aromatic rings. The number of halogens is 1. The summed E-state index contributed by atoms with van der Waals surface area (Å²) in [4.78, 5) is 34.6. The average Bonchev–Trinajstić information content (AvgIpc) is 2.65. The number of nitro groups is 1. The number of aromatic hydroxyl groups is 1. The standard InChI is InChI=1S/C18H12ClN3O5/c19-15-6-5-12(22(26)27)9-13(15)17(24)20-21-18(25)14-7-10-3-1-2-4-11(10)8-16(14)23/h1-9,23H,(H,20,24)(H,21,25). The van der Waals surface area contributed by atoms with Gasteiger partial charge in [0.2, 0.25) is 0 Å². The molecule has 3 aromatic carbocycles. The van der Waals surface area contributed by atoms with Gasteiger partial charge in [-0.3, -0.25) is 30.6 Å². The van der Waals surface area contributed by atoms with Crippen LogP contribution in [-0.2, 0) is 0 Å². The molecule has 2 amide bonds. The Morgan fingerprint density at radius 2 is 1.52 bits per heavy atom. The molecular formula is C18H12ClN3O5. The van der Waals surface area contributed by atoms with E-state index in [-0.39, 0.29) is 27.6 Å². The van der Waals surface area contributed by atoms with Crippen molar-refractivity contribution in [2.24, 2.45) is 0 Å². The lowest BCUT2D eigenvalue weighted by Crippen LogP contribution is -2.41. The molecule has 3 N–H and O–H groups in total. The third-order valence-corrected chi connectivity index (χ3v) is 4.13. The number of carbonyl (C=O) groups is 2. The van der Waals surface area contributed by atoms with E-state index in [1.54, 1.807) is 24.3 Å². The second-order valence-electron chi connectivity index (χ2n) is 5.55. The number of phenolic OH excluding ortho intramolecular Hbond substituents is 1. The van der Waals surface area contributed by atoms with Crippen LogP contribution in [0.15, 0.2) is 54.6 Å². The summed E-state index contributed by atoms with van der Waals surface area (Å²) in [5.41, 5.74) is 3.74. The van der Waals surface area contributed by atoms with Gasteiger partial charge in [0.1, 0.15) is 5.75 Å². The lowest BCUT2D eigenvalue weighted by Gasteiger charge is -2.10. The molecule has 0 unspecified atom stereocenters. The van der Waals surface area contributed by atoms with Gasteiger partial charge in [-0.25, -0.2) is 0 Å². The molecule has 9 heteroatoms. The molecule has 0 heterocycles. The van der Waals surface area contributed by atoms with Crippen LogP contribution in [-0.4, -0.2) is 21.8 Å². The van der Waals surface area contributed by atoms with Gasteiger partial charge in [0, 0.05) is 12.1 Å². The van der Waals surface area contributed by atoms with Crippen LogP contribution >= 0.6 is 11.6 Å². The van der Waals surface area contributed by atoms with Crippen LogP contribution in [0.3, 0.4) is 0 Å². The minimum Gasteiger partial charge on any atom is -0.507 e. The van der Waals surface area contributed by atoms with Crippen LogP contribution in [0.1, 0.15) is 20.7 Å². The molecule has 3 rings (SSSR count). The van der Waals surface area contributed by atoms with Gasteiger partial charge in [-0.1, -0.05) is 35.9 Å². The number of hydrogen-bond donors (Lipinski definition) is 3. The largest absolute Gasteiger partial charge is 0.507 e. The molecule has 0 aromatic heterocycles. The third kappa shape index (κ3) is 3.80. The number of carbonyl (C=O) groups excluding carboxylic acids is 2. The van der Waals surface area contributed by atoms with E-state index in [0.29, 0.717) is 0 Å².